The first-order chi connectivity index (χ1) is 8.60. The maximum atomic E-state index is 12.1. The number of carbonyl (C=O) groups is 1. The number of rotatable bonds is 4. The molecule has 0 unspecified atom stereocenters. The maximum absolute atomic E-state index is 12.1. The van der Waals surface area contributed by atoms with E-state index in [4.69, 9.17) is 4.74 Å². The van der Waals surface area contributed by atoms with Gasteiger partial charge in [0, 0.05) is 10.9 Å². The summed E-state index contributed by atoms with van der Waals surface area (Å²) < 4.78 is 5.22. The van der Waals surface area contributed by atoms with Gasteiger partial charge < -0.3 is 4.74 Å². The number of thiazole rings is 1. The minimum absolute atomic E-state index is 0.0681. The average molecular weight is 261 g/mol. The second-order valence-electron chi connectivity index (χ2n) is 4.14. The summed E-state index contributed by atoms with van der Waals surface area (Å²) >= 11 is 1.56. The van der Waals surface area contributed by atoms with Gasteiger partial charge in [0.15, 0.2) is 5.78 Å². The molecule has 0 fully saturated rings. The molecule has 2 aromatic rings. The van der Waals surface area contributed by atoms with Gasteiger partial charge in [-0.25, -0.2) is 4.98 Å². The van der Waals surface area contributed by atoms with Gasteiger partial charge in [-0.2, -0.15) is 0 Å². The molecule has 3 nitrogen and oxygen atoms in total. The Balaban J connectivity index is 2.18. The Hall–Kier alpha value is -1.68. The Morgan fingerprint density at radius 3 is 2.78 bits per heavy atom. The number of hydrogen-bond acceptors (Lipinski definition) is 4. The standard InChI is InChI=1S/C14H15NO2S/c1-9-4-5-11(6-14(9)17-3)13(16)7-12-8-18-10(2)15-12/h4-6,8H,7H2,1-3H3. The van der Waals surface area contributed by atoms with E-state index in [9.17, 15) is 4.79 Å². The molecule has 0 bridgehead atoms. The predicted octanol–water partition coefficient (Wildman–Crippen LogP) is 3.19. The van der Waals surface area contributed by atoms with Crippen molar-refractivity contribution in [3.05, 3.63) is 45.4 Å². The van der Waals surface area contributed by atoms with Crippen LogP contribution in [-0.4, -0.2) is 17.9 Å². The summed E-state index contributed by atoms with van der Waals surface area (Å²) in [5, 5.41) is 2.91. The lowest BCUT2D eigenvalue weighted by atomic mass is 10.0. The lowest BCUT2D eigenvalue weighted by Gasteiger charge is -2.06. The van der Waals surface area contributed by atoms with Crippen LogP contribution in [0.25, 0.3) is 0 Å². The molecule has 0 aliphatic rings. The number of benzene rings is 1. The zero-order chi connectivity index (χ0) is 13.1. The van der Waals surface area contributed by atoms with Gasteiger partial charge in [-0.3, -0.25) is 4.79 Å². The van der Waals surface area contributed by atoms with Gasteiger partial charge in [-0.15, -0.1) is 11.3 Å². The minimum Gasteiger partial charge on any atom is -0.496 e. The fourth-order valence-electron chi connectivity index (χ4n) is 1.75. The van der Waals surface area contributed by atoms with E-state index in [2.05, 4.69) is 4.98 Å². The van der Waals surface area contributed by atoms with Gasteiger partial charge in [-0.1, -0.05) is 12.1 Å². The zero-order valence-corrected chi connectivity index (χ0v) is 11.5. The molecule has 0 N–H and O–H groups in total. The average Bonchev–Trinajstić information content (AvgIpc) is 2.75. The van der Waals surface area contributed by atoms with Gasteiger partial charge in [0.2, 0.25) is 0 Å². The summed E-state index contributed by atoms with van der Waals surface area (Å²) in [6, 6.07) is 5.52. The van der Waals surface area contributed by atoms with Crippen molar-refractivity contribution in [1.82, 2.24) is 4.98 Å². The molecular weight excluding hydrogens is 246 g/mol. The van der Waals surface area contributed by atoms with Crippen molar-refractivity contribution in [1.29, 1.82) is 0 Å². The Labute approximate surface area is 110 Å². The Morgan fingerprint density at radius 2 is 2.17 bits per heavy atom. The van der Waals surface area contributed by atoms with Crippen molar-refractivity contribution in [3.8, 4) is 5.75 Å². The molecule has 0 aliphatic heterocycles. The van der Waals surface area contributed by atoms with Crippen LogP contribution in [0, 0.1) is 13.8 Å². The quantitative estimate of drug-likeness (QED) is 0.793. The smallest absolute Gasteiger partial charge is 0.168 e. The second-order valence-corrected chi connectivity index (χ2v) is 5.20. The van der Waals surface area contributed by atoms with Crippen LogP contribution in [0.15, 0.2) is 23.6 Å². The summed E-state index contributed by atoms with van der Waals surface area (Å²) in [7, 11) is 1.61. The van der Waals surface area contributed by atoms with E-state index in [1.807, 2.05) is 31.4 Å². The van der Waals surface area contributed by atoms with E-state index in [-0.39, 0.29) is 5.78 Å². The van der Waals surface area contributed by atoms with Crippen molar-refractivity contribution in [2.75, 3.05) is 7.11 Å². The third kappa shape index (κ3) is 2.76. The molecule has 0 amide bonds. The van der Waals surface area contributed by atoms with Gasteiger partial charge in [0.25, 0.3) is 0 Å². The van der Waals surface area contributed by atoms with E-state index in [0.717, 1.165) is 22.0 Å². The highest BCUT2D eigenvalue weighted by molar-refractivity contribution is 7.09. The van der Waals surface area contributed by atoms with E-state index in [0.29, 0.717) is 12.0 Å². The van der Waals surface area contributed by atoms with Crippen LogP contribution in [0.4, 0.5) is 0 Å². The third-order valence-electron chi connectivity index (χ3n) is 2.74. The number of hydrogen-bond donors (Lipinski definition) is 0. The Bertz CT molecular complexity index is 575. The predicted molar refractivity (Wildman–Crippen MR) is 72.6 cm³/mol. The largest absolute Gasteiger partial charge is 0.496 e. The first kappa shape index (κ1) is 12.8. The number of nitrogens with zero attached hydrogens (tertiary/aromatic N) is 1. The summed E-state index contributed by atoms with van der Waals surface area (Å²) in [5.74, 6) is 0.814. The molecule has 0 spiro atoms. The van der Waals surface area contributed by atoms with Gasteiger partial charge in [-0.05, 0) is 25.5 Å². The molecule has 0 atom stereocenters. The molecule has 0 saturated carbocycles. The molecule has 18 heavy (non-hydrogen) atoms. The molecule has 0 radical (unpaired) electrons. The van der Waals surface area contributed by atoms with E-state index in [1.54, 1.807) is 24.5 Å². The van der Waals surface area contributed by atoms with Crippen LogP contribution in [0.3, 0.4) is 0 Å². The van der Waals surface area contributed by atoms with E-state index < -0.39 is 0 Å². The van der Waals surface area contributed by atoms with E-state index in [1.165, 1.54) is 0 Å². The van der Waals surface area contributed by atoms with Crippen molar-refractivity contribution in [2.45, 2.75) is 20.3 Å². The first-order valence-electron chi connectivity index (χ1n) is 5.69. The molecule has 1 heterocycles. The van der Waals surface area contributed by atoms with Crippen LogP contribution < -0.4 is 4.74 Å². The summed E-state index contributed by atoms with van der Waals surface area (Å²) in [6.45, 7) is 3.89. The highest BCUT2D eigenvalue weighted by Gasteiger charge is 2.11. The molecule has 94 valence electrons. The van der Waals surface area contributed by atoms with Gasteiger partial charge in [0.05, 0.1) is 24.2 Å². The van der Waals surface area contributed by atoms with Crippen LogP contribution in [0.2, 0.25) is 0 Å². The van der Waals surface area contributed by atoms with Crippen LogP contribution in [0.1, 0.15) is 26.6 Å². The monoisotopic (exact) mass is 261 g/mol. The zero-order valence-electron chi connectivity index (χ0n) is 10.7. The number of ether oxygens (including phenoxy) is 1. The molecule has 2 rings (SSSR count). The topological polar surface area (TPSA) is 39.2 Å². The Kier molecular flexibility index (Phi) is 3.77. The van der Waals surface area contributed by atoms with Crippen molar-refractivity contribution in [3.63, 3.8) is 0 Å². The minimum atomic E-state index is 0.0681. The lowest BCUT2D eigenvalue weighted by Crippen LogP contribution is -2.04. The second kappa shape index (κ2) is 5.31. The molecule has 0 saturated heterocycles. The van der Waals surface area contributed by atoms with Crippen LogP contribution >= 0.6 is 11.3 Å². The van der Waals surface area contributed by atoms with Crippen molar-refractivity contribution >= 4 is 17.1 Å². The molecule has 0 aliphatic carbocycles. The summed E-state index contributed by atoms with van der Waals surface area (Å²) in [5.41, 5.74) is 2.53. The van der Waals surface area contributed by atoms with E-state index >= 15 is 0 Å². The number of carbonyl (C=O) groups excluding carboxylic acids is 1. The summed E-state index contributed by atoms with van der Waals surface area (Å²) in [6.07, 6.45) is 0.344. The van der Waals surface area contributed by atoms with Crippen LogP contribution in [0.5, 0.6) is 5.75 Å². The maximum Gasteiger partial charge on any atom is 0.168 e. The third-order valence-corrected chi connectivity index (χ3v) is 3.56. The molecule has 4 heteroatoms. The Morgan fingerprint density at radius 1 is 1.39 bits per heavy atom. The number of aryl methyl sites for hydroxylation is 2. The molecule has 1 aromatic heterocycles. The highest BCUT2D eigenvalue weighted by atomic mass is 32.1. The van der Waals surface area contributed by atoms with Gasteiger partial charge >= 0.3 is 0 Å². The van der Waals surface area contributed by atoms with Crippen LogP contribution in [-0.2, 0) is 6.42 Å². The number of Topliss-reactive ketones (excluding diaryl/α,β-unsaturated/α-hetero) is 1. The number of methoxy groups -OCH3 is 1. The number of ketones is 1. The van der Waals surface area contributed by atoms with Crippen molar-refractivity contribution in [2.24, 2.45) is 0 Å². The first-order valence-corrected chi connectivity index (χ1v) is 6.57. The molecule has 1 aromatic carbocycles. The fourth-order valence-corrected chi connectivity index (χ4v) is 2.36. The summed E-state index contributed by atoms with van der Waals surface area (Å²) in [4.78, 5) is 16.4. The highest BCUT2D eigenvalue weighted by Crippen LogP contribution is 2.20. The number of aromatic nitrogens is 1. The lowest BCUT2D eigenvalue weighted by molar-refractivity contribution is 0.0992. The SMILES string of the molecule is COc1cc(C(=O)Cc2csc(C)n2)ccc1C. The fraction of sp³-hybridized carbons (Fsp3) is 0.286. The van der Waals surface area contributed by atoms with Crippen molar-refractivity contribution < 1.29 is 9.53 Å². The molecular formula is C14H15NO2S. The van der Waals surface area contributed by atoms with Gasteiger partial charge in [0.1, 0.15) is 5.75 Å². The normalized spacial score (nSPS) is 10.4.